The Bertz CT molecular complexity index is 732. The van der Waals surface area contributed by atoms with Gasteiger partial charge in [-0.05, 0) is 50.1 Å². The maximum atomic E-state index is 13.8. The fourth-order valence-corrected chi connectivity index (χ4v) is 2.71. The number of ether oxygens (including phenoxy) is 1. The highest BCUT2D eigenvalue weighted by atomic mass is 19.1. The molecule has 2 amide bonds. The van der Waals surface area contributed by atoms with Crippen LogP contribution in [0.15, 0.2) is 42.5 Å². The van der Waals surface area contributed by atoms with Gasteiger partial charge in [-0.15, -0.1) is 0 Å². The fraction of sp³-hybridized carbons (Fsp3) is 0.350. The molecule has 0 radical (unpaired) electrons. The number of amides is 2. The zero-order valence-electron chi connectivity index (χ0n) is 15.3. The van der Waals surface area contributed by atoms with Gasteiger partial charge in [-0.2, -0.15) is 0 Å². The van der Waals surface area contributed by atoms with Crippen LogP contribution >= 0.6 is 0 Å². The van der Waals surface area contributed by atoms with Crippen LogP contribution in [-0.2, 0) is 13.0 Å². The molecule has 0 saturated heterocycles. The van der Waals surface area contributed by atoms with E-state index in [9.17, 15) is 13.6 Å². The molecule has 6 heteroatoms. The van der Waals surface area contributed by atoms with Crippen LogP contribution in [0.25, 0.3) is 0 Å². The van der Waals surface area contributed by atoms with Gasteiger partial charge in [0.05, 0.1) is 13.7 Å². The van der Waals surface area contributed by atoms with Gasteiger partial charge in [0, 0.05) is 18.2 Å². The Morgan fingerprint density at radius 1 is 1.19 bits per heavy atom. The van der Waals surface area contributed by atoms with Gasteiger partial charge in [-0.1, -0.05) is 18.2 Å². The topological polar surface area (TPSA) is 41.6 Å². The molecule has 2 aromatic rings. The maximum absolute atomic E-state index is 13.8. The molecule has 0 aromatic heterocycles. The molecule has 0 aliphatic carbocycles. The molecular weight excluding hydrogens is 338 g/mol. The van der Waals surface area contributed by atoms with Gasteiger partial charge in [0.15, 0.2) is 0 Å². The van der Waals surface area contributed by atoms with Crippen LogP contribution in [0.2, 0.25) is 0 Å². The number of methoxy groups -OCH3 is 1. The third-order valence-corrected chi connectivity index (χ3v) is 4.13. The molecule has 4 nitrogen and oxygen atoms in total. The van der Waals surface area contributed by atoms with Crippen molar-refractivity contribution in [3.05, 3.63) is 65.2 Å². The summed E-state index contributed by atoms with van der Waals surface area (Å²) in [6, 6.07) is 10.8. The minimum atomic E-state index is -0.652. The number of nitrogens with zero attached hydrogens (tertiary/aromatic N) is 1. The lowest BCUT2D eigenvalue weighted by Crippen LogP contribution is -2.44. The summed E-state index contributed by atoms with van der Waals surface area (Å²) in [5.74, 6) is -0.549. The zero-order valence-corrected chi connectivity index (χ0v) is 15.3. The van der Waals surface area contributed by atoms with Crippen LogP contribution < -0.4 is 10.1 Å². The Kier molecular flexibility index (Phi) is 6.95. The number of hydrogen-bond donors (Lipinski definition) is 1. The third-order valence-electron chi connectivity index (χ3n) is 4.13. The minimum Gasteiger partial charge on any atom is -0.497 e. The van der Waals surface area contributed by atoms with Crippen molar-refractivity contribution in [2.75, 3.05) is 13.7 Å². The monoisotopic (exact) mass is 362 g/mol. The minimum absolute atomic E-state index is 0.107. The van der Waals surface area contributed by atoms with Crippen molar-refractivity contribution >= 4 is 6.03 Å². The Balaban J connectivity index is 1.99. The van der Waals surface area contributed by atoms with Crippen molar-refractivity contribution in [1.29, 1.82) is 0 Å². The number of carbonyl (C=O) groups excluding carboxylic acids is 1. The molecular formula is C20H24F2N2O2. The summed E-state index contributed by atoms with van der Waals surface area (Å²) in [6.07, 6.45) is 0.620. The van der Waals surface area contributed by atoms with E-state index in [0.29, 0.717) is 13.0 Å². The molecule has 0 bridgehead atoms. The number of hydrogen-bond acceptors (Lipinski definition) is 2. The lowest BCUT2D eigenvalue weighted by molar-refractivity contribution is 0.193. The molecule has 1 unspecified atom stereocenters. The van der Waals surface area contributed by atoms with E-state index in [2.05, 4.69) is 5.32 Å². The Morgan fingerprint density at radius 3 is 2.46 bits per heavy atom. The van der Waals surface area contributed by atoms with Crippen LogP contribution in [0.3, 0.4) is 0 Å². The van der Waals surface area contributed by atoms with Crippen molar-refractivity contribution in [3.63, 3.8) is 0 Å². The second-order valence-corrected chi connectivity index (χ2v) is 6.12. The van der Waals surface area contributed by atoms with Crippen LogP contribution in [-0.4, -0.2) is 30.6 Å². The summed E-state index contributed by atoms with van der Waals surface area (Å²) in [4.78, 5) is 13.8. The lowest BCUT2D eigenvalue weighted by Gasteiger charge is -2.24. The van der Waals surface area contributed by atoms with Gasteiger partial charge < -0.3 is 15.0 Å². The van der Waals surface area contributed by atoms with Crippen molar-refractivity contribution in [2.45, 2.75) is 32.9 Å². The molecule has 0 aliphatic rings. The number of urea groups is 1. The maximum Gasteiger partial charge on any atom is 0.317 e. The number of carbonyl (C=O) groups is 1. The zero-order chi connectivity index (χ0) is 19.1. The van der Waals surface area contributed by atoms with E-state index in [-0.39, 0.29) is 24.2 Å². The predicted molar refractivity (Wildman–Crippen MR) is 97.1 cm³/mol. The number of benzene rings is 2. The predicted octanol–water partition coefficient (Wildman–Crippen LogP) is 4.14. The number of halogens is 2. The first-order chi connectivity index (χ1) is 12.4. The smallest absolute Gasteiger partial charge is 0.317 e. The van der Waals surface area contributed by atoms with Gasteiger partial charge in [-0.3, -0.25) is 0 Å². The van der Waals surface area contributed by atoms with Crippen LogP contribution in [0.5, 0.6) is 5.75 Å². The average molecular weight is 362 g/mol. The number of nitrogens with one attached hydrogen (secondary N) is 1. The quantitative estimate of drug-likeness (QED) is 0.804. The van der Waals surface area contributed by atoms with Crippen molar-refractivity contribution in [2.24, 2.45) is 0 Å². The molecule has 0 fully saturated rings. The molecule has 2 rings (SSSR count). The second-order valence-electron chi connectivity index (χ2n) is 6.12. The number of rotatable bonds is 7. The van der Waals surface area contributed by atoms with E-state index >= 15 is 0 Å². The Labute approximate surface area is 152 Å². The van der Waals surface area contributed by atoms with Gasteiger partial charge in [-0.25, -0.2) is 13.6 Å². The van der Waals surface area contributed by atoms with Gasteiger partial charge in [0.1, 0.15) is 17.4 Å². The summed E-state index contributed by atoms with van der Waals surface area (Å²) >= 11 is 0. The summed E-state index contributed by atoms with van der Waals surface area (Å²) in [7, 11) is 1.60. The lowest BCUT2D eigenvalue weighted by atomic mass is 10.1. The fourth-order valence-electron chi connectivity index (χ4n) is 2.71. The molecule has 0 saturated carbocycles. The van der Waals surface area contributed by atoms with Gasteiger partial charge >= 0.3 is 6.03 Å². The van der Waals surface area contributed by atoms with E-state index in [1.807, 2.05) is 31.2 Å². The second kappa shape index (κ2) is 9.17. The third kappa shape index (κ3) is 5.18. The standard InChI is InChI=1S/C20H24F2N2O2/c1-4-24(13-17-18(21)9-6-10-19(17)22)20(25)23-14(2)11-15-7-5-8-16(12-15)26-3/h5-10,12,14H,4,11,13H2,1-3H3,(H,23,25). The van der Waals surface area contributed by atoms with Crippen molar-refractivity contribution in [1.82, 2.24) is 10.2 Å². The molecule has 0 aliphatic heterocycles. The Morgan fingerprint density at radius 2 is 1.85 bits per heavy atom. The highest BCUT2D eigenvalue weighted by Gasteiger charge is 2.18. The van der Waals surface area contributed by atoms with E-state index in [4.69, 9.17) is 4.74 Å². The summed E-state index contributed by atoms with van der Waals surface area (Å²) in [5.41, 5.74) is 0.922. The molecule has 0 heterocycles. The molecule has 1 atom stereocenters. The first kappa shape index (κ1) is 19.7. The normalized spacial score (nSPS) is 11.7. The highest BCUT2D eigenvalue weighted by molar-refractivity contribution is 5.74. The van der Waals surface area contributed by atoms with Crippen molar-refractivity contribution < 1.29 is 18.3 Å². The van der Waals surface area contributed by atoms with E-state index < -0.39 is 11.6 Å². The Hall–Kier alpha value is -2.63. The summed E-state index contributed by atoms with van der Waals surface area (Å²) in [5, 5.41) is 2.88. The highest BCUT2D eigenvalue weighted by Crippen LogP contribution is 2.16. The molecule has 140 valence electrons. The van der Waals surface area contributed by atoms with Crippen LogP contribution in [0.1, 0.15) is 25.0 Å². The van der Waals surface area contributed by atoms with E-state index in [1.54, 1.807) is 14.0 Å². The van der Waals surface area contributed by atoms with E-state index in [1.165, 1.54) is 23.1 Å². The summed E-state index contributed by atoms with van der Waals surface area (Å²) < 4.78 is 32.8. The van der Waals surface area contributed by atoms with E-state index in [0.717, 1.165) is 11.3 Å². The van der Waals surface area contributed by atoms with Gasteiger partial charge in [0.2, 0.25) is 0 Å². The van der Waals surface area contributed by atoms with Crippen LogP contribution in [0.4, 0.5) is 13.6 Å². The average Bonchev–Trinajstić information content (AvgIpc) is 2.61. The molecule has 2 aromatic carbocycles. The molecule has 26 heavy (non-hydrogen) atoms. The largest absolute Gasteiger partial charge is 0.497 e. The SMILES string of the molecule is CCN(Cc1c(F)cccc1F)C(=O)NC(C)Cc1cccc(OC)c1. The first-order valence-corrected chi connectivity index (χ1v) is 8.55. The first-order valence-electron chi connectivity index (χ1n) is 8.55. The van der Waals surface area contributed by atoms with Crippen LogP contribution in [0, 0.1) is 11.6 Å². The van der Waals surface area contributed by atoms with Gasteiger partial charge in [0.25, 0.3) is 0 Å². The molecule has 0 spiro atoms. The summed E-state index contributed by atoms with van der Waals surface area (Å²) in [6.45, 7) is 3.87. The van der Waals surface area contributed by atoms with Crippen molar-refractivity contribution in [3.8, 4) is 5.75 Å². The molecule has 1 N–H and O–H groups in total.